The molecule has 0 bridgehead atoms. The van der Waals surface area contributed by atoms with E-state index in [1.165, 1.54) is 0 Å². The second-order valence-electron chi connectivity index (χ2n) is 7.58. The third kappa shape index (κ3) is 4.18. The Morgan fingerprint density at radius 2 is 1.93 bits per heavy atom. The molecule has 2 atom stereocenters. The Balaban J connectivity index is 1.54. The number of aromatic amines is 1. The highest BCUT2D eigenvalue weighted by Crippen LogP contribution is 2.35. The van der Waals surface area contributed by atoms with Gasteiger partial charge in [-0.25, -0.2) is 4.98 Å². The molecule has 146 valence electrons. The fraction of sp³-hybridized carbons (Fsp3) is 0.364. The minimum Gasteiger partial charge on any atom is -0.342 e. The summed E-state index contributed by atoms with van der Waals surface area (Å²) in [6.45, 7) is 2.16. The van der Waals surface area contributed by atoms with Crippen molar-refractivity contribution in [1.29, 1.82) is 0 Å². The predicted molar refractivity (Wildman–Crippen MR) is 114 cm³/mol. The van der Waals surface area contributed by atoms with Crippen molar-refractivity contribution in [2.75, 3.05) is 0 Å². The van der Waals surface area contributed by atoms with Gasteiger partial charge in [-0.05, 0) is 55.2 Å². The van der Waals surface area contributed by atoms with Crippen LogP contribution in [0.1, 0.15) is 49.9 Å². The van der Waals surface area contributed by atoms with Crippen LogP contribution in [0.15, 0.2) is 42.5 Å². The van der Waals surface area contributed by atoms with Crippen molar-refractivity contribution in [3.8, 4) is 0 Å². The first-order chi connectivity index (χ1) is 13.5. The first-order valence-electron chi connectivity index (χ1n) is 9.66. The third-order valence-corrected chi connectivity index (χ3v) is 6.00. The number of benzene rings is 2. The predicted octanol–water partition coefficient (Wildman–Crippen LogP) is 5.94. The van der Waals surface area contributed by atoms with E-state index in [4.69, 9.17) is 28.2 Å². The zero-order chi connectivity index (χ0) is 19.7. The molecule has 4 rings (SSSR count). The molecule has 1 saturated carbocycles. The molecule has 0 aliphatic heterocycles. The van der Waals surface area contributed by atoms with Crippen molar-refractivity contribution < 1.29 is 4.79 Å². The molecule has 0 saturated heterocycles. The van der Waals surface area contributed by atoms with Gasteiger partial charge in [-0.2, -0.15) is 0 Å². The fourth-order valence-corrected chi connectivity index (χ4v) is 4.83. The van der Waals surface area contributed by atoms with Crippen LogP contribution in [0.25, 0.3) is 11.0 Å². The topological polar surface area (TPSA) is 49.0 Å². The molecular weight excluding hydrogens is 393 g/mol. The van der Waals surface area contributed by atoms with Gasteiger partial charge in [0.1, 0.15) is 5.82 Å². The van der Waals surface area contributed by atoms with Gasteiger partial charge in [-0.15, -0.1) is 0 Å². The lowest BCUT2D eigenvalue weighted by Crippen LogP contribution is -2.41. The number of hydrogen-bond donors (Lipinski definition) is 1. The molecule has 28 heavy (non-hydrogen) atoms. The maximum atomic E-state index is 12.4. The first-order valence-corrected chi connectivity index (χ1v) is 10.4. The van der Waals surface area contributed by atoms with E-state index < -0.39 is 0 Å². The van der Waals surface area contributed by atoms with Gasteiger partial charge >= 0.3 is 0 Å². The summed E-state index contributed by atoms with van der Waals surface area (Å²) in [5.74, 6) is 1.43. The summed E-state index contributed by atoms with van der Waals surface area (Å²) in [7, 11) is 0. The van der Waals surface area contributed by atoms with Gasteiger partial charge < -0.3 is 9.88 Å². The largest absolute Gasteiger partial charge is 0.342 e. The molecule has 1 fully saturated rings. The van der Waals surface area contributed by atoms with Crippen molar-refractivity contribution in [3.05, 3.63) is 63.9 Å². The van der Waals surface area contributed by atoms with Crippen LogP contribution in [-0.2, 0) is 11.3 Å². The Hall–Kier alpha value is -2.04. The van der Waals surface area contributed by atoms with Gasteiger partial charge in [0.25, 0.3) is 0 Å². The Morgan fingerprint density at radius 1 is 1.18 bits per heavy atom. The number of amides is 1. The third-order valence-electron chi connectivity index (χ3n) is 5.56. The number of H-pyrrole nitrogens is 1. The minimum absolute atomic E-state index is 0.0753. The molecule has 1 aliphatic rings. The number of aromatic nitrogens is 2. The first kappa shape index (κ1) is 19.3. The number of carbonyl (C=O) groups excluding carboxylic acids is 1. The Kier molecular flexibility index (Phi) is 5.61. The summed E-state index contributed by atoms with van der Waals surface area (Å²) in [4.78, 5) is 22.7. The average molecular weight is 416 g/mol. The molecular formula is C22H23Cl2N3O. The van der Waals surface area contributed by atoms with E-state index in [0.717, 1.165) is 48.1 Å². The zero-order valence-electron chi connectivity index (χ0n) is 15.8. The number of fused-ring (bicyclic) bond motifs is 1. The highest BCUT2D eigenvalue weighted by atomic mass is 35.5. The van der Waals surface area contributed by atoms with E-state index in [9.17, 15) is 4.79 Å². The van der Waals surface area contributed by atoms with Crippen molar-refractivity contribution in [2.24, 2.45) is 0 Å². The van der Waals surface area contributed by atoms with Crippen LogP contribution in [0.5, 0.6) is 0 Å². The summed E-state index contributed by atoms with van der Waals surface area (Å²) in [6.07, 6.45) is 4.08. The smallest absolute Gasteiger partial charge is 0.219 e. The standard InChI is InChI=1S/C22H23Cl2N3O/c1-14(28)27(13-15-9-17(23)12-18(24)10-15)19-6-4-5-16(11-19)22-25-20-7-2-3-8-21(20)26-22/h2-3,7-10,12,16,19H,4-6,11,13H2,1H3,(H,25,26). The summed E-state index contributed by atoms with van der Waals surface area (Å²) < 4.78 is 0. The molecule has 1 heterocycles. The number of hydrogen-bond acceptors (Lipinski definition) is 2. The number of nitrogens with one attached hydrogen (secondary N) is 1. The molecule has 1 aromatic heterocycles. The van der Waals surface area contributed by atoms with Crippen molar-refractivity contribution in [2.45, 2.75) is 51.1 Å². The summed E-state index contributed by atoms with van der Waals surface area (Å²) in [5.41, 5.74) is 3.02. The summed E-state index contributed by atoms with van der Waals surface area (Å²) in [5, 5.41) is 1.18. The van der Waals surface area contributed by atoms with E-state index in [1.54, 1.807) is 13.0 Å². The monoisotopic (exact) mass is 415 g/mol. The molecule has 4 nitrogen and oxygen atoms in total. The molecule has 1 aliphatic carbocycles. The molecule has 0 radical (unpaired) electrons. The SMILES string of the molecule is CC(=O)N(Cc1cc(Cl)cc(Cl)c1)C1CCCC(c2nc3ccccc3[nH]2)C1. The van der Waals surface area contributed by atoms with Crippen molar-refractivity contribution in [1.82, 2.24) is 14.9 Å². The number of halogens is 2. The van der Waals surface area contributed by atoms with Crippen molar-refractivity contribution >= 4 is 40.1 Å². The summed E-state index contributed by atoms with van der Waals surface area (Å²) in [6, 6.07) is 13.7. The Morgan fingerprint density at radius 3 is 2.64 bits per heavy atom. The maximum Gasteiger partial charge on any atom is 0.219 e. The number of para-hydroxylation sites is 2. The van der Waals surface area contributed by atoms with E-state index in [-0.39, 0.29) is 11.9 Å². The van der Waals surface area contributed by atoms with Gasteiger partial charge in [-0.1, -0.05) is 41.8 Å². The van der Waals surface area contributed by atoms with Crippen LogP contribution in [0.4, 0.5) is 0 Å². The van der Waals surface area contributed by atoms with E-state index in [1.807, 2.05) is 35.2 Å². The number of nitrogens with zero attached hydrogens (tertiary/aromatic N) is 2. The average Bonchev–Trinajstić information content (AvgIpc) is 3.09. The molecule has 3 aromatic rings. The van der Waals surface area contributed by atoms with Gasteiger partial charge in [0.05, 0.1) is 11.0 Å². The van der Waals surface area contributed by atoms with Crippen LogP contribution in [0.2, 0.25) is 10.0 Å². The summed E-state index contributed by atoms with van der Waals surface area (Å²) >= 11 is 12.3. The molecule has 1 amide bonds. The number of imidazole rings is 1. The van der Waals surface area contributed by atoms with Crippen LogP contribution < -0.4 is 0 Å². The van der Waals surface area contributed by atoms with Crippen LogP contribution in [-0.4, -0.2) is 26.8 Å². The number of rotatable bonds is 4. The Bertz CT molecular complexity index is 947. The molecule has 0 spiro atoms. The van der Waals surface area contributed by atoms with E-state index in [2.05, 4.69) is 11.1 Å². The Labute approximate surface area is 174 Å². The van der Waals surface area contributed by atoms with Gasteiger partial charge in [-0.3, -0.25) is 4.79 Å². The lowest BCUT2D eigenvalue weighted by molar-refractivity contribution is -0.132. The highest BCUT2D eigenvalue weighted by Gasteiger charge is 2.30. The van der Waals surface area contributed by atoms with Gasteiger partial charge in [0, 0.05) is 35.5 Å². The number of carbonyl (C=O) groups is 1. The van der Waals surface area contributed by atoms with E-state index >= 15 is 0 Å². The van der Waals surface area contributed by atoms with Crippen LogP contribution in [0, 0.1) is 0 Å². The maximum absolute atomic E-state index is 12.4. The zero-order valence-corrected chi connectivity index (χ0v) is 17.3. The van der Waals surface area contributed by atoms with Crippen molar-refractivity contribution in [3.63, 3.8) is 0 Å². The van der Waals surface area contributed by atoms with E-state index in [0.29, 0.717) is 22.5 Å². The quantitative estimate of drug-likeness (QED) is 0.572. The van der Waals surface area contributed by atoms with Crippen LogP contribution >= 0.6 is 23.2 Å². The highest BCUT2D eigenvalue weighted by molar-refractivity contribution is 6.34. The lowest BCUT2D eigenvalue weighted by Gasteiger charge is -2.36. The second-order valence-corrected chi connectivity index (χ2v) is 8.45. The molecule has 2 aromatic carbocycles. The van der Waals surface area contributed by atoms with Gasteiger partial charge in [0.15, 0.2) is 0 Å². The normalized spacial score (nSPS) is 19.7. The molecule has 6 heteroatoms. The molecule has 1 N–H and O–H groups in total. The lowest BCUT2D eigenvalue weighted by atomic mass is 9.84. The van der Waals surface area contributed by atoms with Gasteiger partial charge in [0.2, 0.25) is 5.91 Å². The minimum atomic E-state index is 0.0753. The van der Waals surface area contributed by atoms with Crippen LogP contribution in [0.3, 0.4) is 0 Å². The fourth-order valence-electron chi connectivity index (χ4n) is 4.26. The molecule has 2 unspecified atom stereocenters. The second kappa shape index (κ2) is 8.14.